The normalized spacial score (nSPS) is 14.5. The van der Waals surface area contributed by atoms with Crippen molar-refractivity contribution in [1.29, 1.82) is 0 Å². The van der Waals surface area contributed by atoms with Crippen LogP contribution in [0.15, 0.2) is 24.4 Å². The van der Waals surface area contributed by atoms with Gasteiger partial charge in [0.1, 0.15) is 6.54 Å². The molecule has 0 spiro atoms. The van der Waals surface area contributed by atoms with E-state index in [4.69, 9.17) is 4.74 Å². The topological polar surface area (TPSA) is 92.8 Å². The van der Waals surface area contributed by atoms with Gasteiger partial charge in [0.25, 0.3) is 0 Å². The molecule has 1 unspecified atom stereocenters. The number of aromatic nitrogens is 1. The van der Waals surface area contributed by atoms with Crippen molar-refractivity contribution in [3.05, 3.63) is 47.2 Å². The number of hydrogen-bond donors (Lipinski definition) is 2. The summed E-state index contributed by atoms with van der Waals surface area (Å²) in [5, 5.41) is 5.03. The highest BCUT2D eigenvalue weighted by atomic mass is 19.4. The van der Waals surface area contributed by atoms with Crippen molar-refractivity contribution in [2.75, 3.05) is 30.5 Å². The molecule has 2 heterocycles. The summed E-state index contributed by atoms with van der Waals surface area (Å²) < 4.78 is 73.7. The highest BCUT2D eigenvalue weighted by Gasteiger charge is 2.35. The fraction of sp³-hybridized carbons (Fsp3) is 0.316. The molecule has 0 saturated heterocycles. The Bertz CT molecular complexity index is 1020. The maximum absolute atomic E-state index is 14.1. The van der Waals surface area contributed by atoms with Crippen molar-refractivity contribution < 1.29 is 41.0 Å². The van der Waals surface area contributed by atoms with Crippen LogP contribution in [0.4, 0.5) is 38.3 Å². The molecule has 8 nitrogen and oxygen atoms in total. The van der Waals surface area contributed by atoms with Gasteiger partial charge in [-0.05, 0) is 36.2 Å². The fourth-order valence-corrected chi connectivity index (χ4v) is 3.05. The number of carbonyl (C=O) groups is 2. The Kier molecular flexibility index (Phi) is 6.48. The number of amides is 3. The van der Waals surface area contributed by atoms with Gasteiger partial charge in [-0.15, -0.1) is 13.2 Å². The van der Waals surface area contributed by atoms with Gasteiger partial charge in [-0.1, -0.05) is 0 Å². The quantitative estimate of drug-likeness (QED) is 0.668. The predicted octanol–water partition coefficient (Wildman–Crippen LogP) is 3.42. The highest BCUT2D eigenvalue weighted by molar-refractivity contribution is 6.08. The van der Waals surface area contributed by atoms with Gasteiger partial charge in [0.15, 0.2) is 17.5 Å². The Morgan fingerprint density at radius 1 is 1.28 bits per heavy atom. The molecule has 172 valence electrons. The molecule has 0 bridgehead atoms. The smallest absolute Gasteiger partial charge is 0.399 e. The zero-order valence-electron chi connectivity index (χ0n) is 16.7. The number of ether oxygens (including phenoxy) is 2. The summed E-state index contributed by atoms with van der Waals surface area (Å²) in [6, 6.07) is 0.779. The maximum Gasteiger partial charge on any atom is 0.573 e. The van der Waals surface area contributed by atoms with Crippen LogP contribution >= 0.6 is 0 Å². The average Bonchev–Trinajstić information content (AvgIpc) is 2.68. The molecular formula is C19H17F5N4O4. The summed E-state index contributed by atoms with van der Waals surface area (Å²) in [5.74, 6) is -5.20. The first-order valence-electron chi connectivity index (χ1n) is 9.06. The minimum Gasteiger partial charge on any atom is -0.399 e. The van der Waals surface area contributed by atoms with E-state index in [0.29, 0.717) is 17.8 Å². The van der Waals surface area contributed by atoms with Crippen molar-refractivity contribution in [2.45, 2.75) is 19.3 Å². The molecule has 13 heteroatoms. The number of nitrogens with one attached hydrogen (secondary N) is 2. The number of pyridine rings is 1. The monoisotopic (exact) mass is 460 g/mol. The number of urea groups is 1. The number of anilines is 2. The molecule has 1 aromatic heterocycles. The average molecular weight is 460 g/mol. The van der Waals surface area contributed by atoms with Gasteiger partial charge >= 0.3 is 12.4 Å². The van der Waals surface area contributed by atoms with Crippen LogP contribution in [0.2, 0.25) is 0 Å². The molecule has 0 saturated carbocycles. The molecular weight excluding hydrogens is 443 g/mol. The van der Waals surface area contributed by atoms with Crippen molar-refractivity contribution in [3.63, 3.8) is 0 Å². The first-order chi connectivity index (χ1) is 15.0. The van der Waals surface area contributed by atoms with Gasteiger partial charge in [0.05, 0.1) is 18.3 Å². The molecule has 0 fully saturated rings. The van der Waals surface area contributed by atoms with Crippen LogP contribution in [0.3, 0.4) is 0 Å². The number of alkyl halides is 3. The number of methoxy groups -OCH3 is 1. The maximum atomic E-state index is 14.1. The molecule has 2 aromatic rings. The Labute approximate surface area is 178 Å². The molecule has 1 aliphatic heterocycles. The Hall–Kier alpha value is -3.48. The number of rotatable bonds is 5. The number of carbonyl (C=O) groups excluding carboxylic acids is 2. The zero-order chi connectivity index (χ0) is 23.6. The Morgan fingerprint density at radius 3 is 2.53 bits per heavy atom. The van der Waals surface area contributed by atoms with Gasteiger partial charge in [0.2, 0.25) is 11.7 Å². The third-order valence-electron chi connectivity index (χ3n) is 4.35. The lowest BCUT2D eigenvalue weighted by Gasteiger charge is -2.30. The Balaban J connectivity index is 1.88. The number of fused-ring (bicyclic) bond motifs is 1. The summed E-state index contributed by atoms with van der Waals surface area (Å²) >= 11 is 0. The summed E-state index contributed by atoms with van der Waals surface area (Å²) in [6.07, 6.45) is -3.82. The highest BCUT2D eigenvalue weighted by Crippen LogP contribution is 2.32. The van der Waals surface area contributed by atoms with Crippen LogP contribution in [0.1, 0.15) is 17.2 Å². The largest absolute Gasteiger partial charge is 0.573 e. The second-order valence-corrected chi connectivity index (χ2v) is 6.84. The third-order valence-corrected chi connectivity index (χ3v) is 4.35. The van der Waals surface area contributed by atoms with Crippen molar-refractivity contribution in [1.82, 2.24) is 10.3 Å². The third kappa shape index (κ3) is 5.22. The standard InChI is InChI=1S/C19H17F5N4O4/c1-9-3-13-17(25-6-9)28(7-15(29)26-13)18(30)27-14(8-31-2)10-4-11(20)16(12(21)5-10)32-19(22,23)24/h3-6,14H,7-8H2,1-2H3,(H,26,29)(H,27,30). The molecule has 1 aromatic carbocycles. The summed E-state index contributed by atoms with van der Waals surface area (Å²) in [6.45, 7) is 1.08. The molecule has 0 radical (unpaired) electrons. The first-order valence-corrected chi connectivity index (χ1v) is 9.06. The zero-order valence-corrected chi connectivity index (χ0v) is 16.7. The minimum atomic E-state index is -5.29. The number of halogens is 5. The van der Waals surface area contributed by atoms with Gasteiger partial charge in [-0.3, -0.25) is 9.69 Å². The summed E-state index contributed by atoms with van der Waals surface area (Å²) in [4.78, 5) is 30.0. The van der Waals surface area contributed by atoms with Crippen LogP contribution in [-0.4, -0.2) is 43.5 Å². The molecule has 1 atom stereocenters. The van der Waals surface area contributed by atoms with Crippen molar-refractivity contribution >= 4 is 23.4 Å². The summed E-state index contributed by atoms with van der Waals surface area (Å²) in [7, 11) is 1.25. The van der Waals surface area contributed by atoms with Gasteiger partial charge in [-0.25, -0.2) is 18.6 Å². The van der Waals surface area contributed by atoms with Crippen LogP contribution in [0.5, 0.6) is 5.75 Å². The summed E-state index contributed by atoms with van der Waals surface area (Å²) in [5.41, 5.74) is 0.810. The van der Waals surface area contributed by atoms with E-state index in [2.05, 4.69) is 20.4 Å². The van der Waals surface area contributed by atoms with E-state index in [1.807, 2.05) is 0 Å². The molecule has 3 rings (SSSR count). The molecule has 2 N–H and O–H groups in total. The second-order valence-electron chi connectivity index (χ2n) is 6.84. The van der Waals surface area contributed by atoms with Crippen LogP contribution < -0.4 is 20.3 Å². The van der Waals surface area contributed by atoms with Crippen LogP contribution in [0, 0.1) is 18.6 Å². The van der Waals surface area contributed by atoms with E-state index in [9.17, 15) is 31.5 Å². The van der Waals surface area contributed by atoms with E-state index in [1.165, 1.54) is 13.3 Å². The molecule has 32 heavy (non-hydrogen) atoms. The predicted molar refractivity (Wildman–Crippen MR) is 101 cm³/mol. The van der Waals surface area contributed by atoms with Gasteiger partial charge in [-0.2, -0.15) is 0 Å². The van der Waals surface area contributed by atoms with Gasteiger partial charge in [0, 0.05) is 13.3 Å². The molecule has 3 amide bonds. The number of aryl methyl sites for hydroxylation is 1. The lowest BCUT2D eigenvalue weighted by atomic mass is 10.1. The van der Waals surface area contributed by atoms with E-state index < -0.39 is 41.7 Å². The van der Waals surface area contributed by atoms with E-state index in [1.54, 1.807) is 13.0 Å². The number of nitrogens with zero attached hydrogens (tertiary/aromatic N) is 2. The molecule has 0 aliphatic carbocycles. The van der Waals surface area contributed by atoms with Crippen molar-refractivity contribution in [3.8, 4) is 5.75 Å². The number of benzene rings is 1. The lowest BCUT2D eigenvalue weighted by molar-refractivity contribution is -0.276. The van der Waals surface area contributed by atoms with Gasteiger partial charge < -0.3 is 20.1 Å². The minimum absolute atomic E-state index is 0.148. The number of hydrogen-bond acceptors (Lipinski definition) is 5. The Morgan fingerprint density at radius 2 is 1.94 bits per heavy atom. The SMILES string of the molecule is COCC(NC(=O)N1CC(=O)Nc2cc(C)cnc21)c1cc(F)c(OC(F)(F)F)c(F)c1. The first kappa shape index (κ1) is 23.2. The van der Waals surface area contributed by atoms with Crippen LogP contribution in [-0.2, 0) is 9.53 Å². The van der Waals surface area contributed by atoms with Crippen molar-refractivity contribution in [2.24, 2.45) is 0 Å². The van der Waals surface area contributed by atoms with Crippen LogP contribution in [0.25, 0.3) is 0 Å². The van der Waals surface area contributed by atoms with E-state index in [0.717, 1.165) is 10.5 Å². The van der Waals surface area contributed by atoms with E-state index in [-0.39, 0.29) is 24.5 Å². The van der Waals surface area contributed by atoms with E-state index >= 15 is 0 Å². The second kappa shape index (κ2) is 8.94. The lowest BCUT2D eigenvalue weighted by Crippen LogP contribution is -2.49. The fourth-order valence-electron chi connectivity index (χ4n) is 3.05. The molecule has 1 aliphatic rings.